The molecule has 1 atom stereocenters. The van der Waals surface area contributed by atoms with Crippen LogP contribution in [-0.4, -0.2) is 39.3 Å². The highest BCUT2D eigenvalue weighted by atomic mass is 35.5. The van der Waals surface area contributed by atoms with Crippen molar-refractivity contribution in [1.29, 1.82) is 0 Å². The normalized spacial score (nSPS) is 16.5. The first-order valence-corrected chi connectivity index (χ1v) is 11.9. The number of carbonyl (C=O) groups is 1. The number of piperidine rings is 1. The van der Waals surface area contributed by atoms with Crippen LogP contribution in [0.3, 0.4) is 0 Å². The quantitative estimate of drug-likeness (QED) is 0.344. The molecule has 0 bridgehead atoms. The molecule has 2 amide bonds. The fourth-order valence-electron chi connectivity index (χ4n) is 4.74. The highest BCUT2D eigenvalue weighted by Crippen LogP contribution is 2.46. The van der Waals surface area contributed by atoms with Gasteiger partial charge in [-0.3, -0.25) is 5.10 Å². The molecule has 0 saturated carbocycles. The molecule has 0 aliphatic carbocycles. The third kappa shape index (κ3) is 5.22. The van der Waals surface area contributed by atoms with Crippen molar-refractivity contribution in [3.05, 3.63) is 57.7 Å². The molecular weight excluding hydrogens is 504 g/mol. The maximum Gasteiger partial charge on any atom is 0.417 e. The Balaban J connectivity index is 1.42. The first kappa shape index (κ1) is 25.6. The average Bonchev–Trinajstić information content (AvgIpc) is 3.27. The number of urea groups is 1. The number of aliphatic hydroxyl groups is 1. The summed E-state index contributed by atoms with van der Waals surface area (Å²) in [7, 11) is 0. The van der Waals surface area contributed by atoms with Gasteiger partial charge in [0.25, 0.3) is 0 Å². The van der Waals surface area contributed by atoms with E-state index in [4.69, 9.17) is 23.2 Å². The van der Waals surface area contributed by atoms with Gasteiger partial charge in [0.15, 0.2) is 0 Å². The molecule has 1 saturated heterocycles. The van der Waals surface area contributed by atoms with E-state index in [0.29, 0.717) is 36.5 Å². The van der Waals surface area contributed by atoms with Gasteiger partial charge in [-0.15, -0.1) is 0 Å². The van der Waals surface area contributed by atoms with Gasteiger partial charge in [-0.1, -0.05) is 37.0 Å². The SMILES string of the molecule is CC(C)(C1CCN(C(=O)Nc2ccc(Cl)c(C(F)(F)F)c2)CC1)C(O)c1cc(Cl)cc2cn[nH]c12. The summed E-state index contributed by atoms with van der Waals surface area (Å²) in [6, 6.07) is 6.31. The number of likely N-dealkylation sites (tertiary alicyclic amines) is 1. The lowest BCUT2D eigenvalue weighted by Crippen LogP contribution is -2.45. The number of hydrogen-bond acceptors (Lipinski definition) is 3. The van der Waals surface area contributed by atoms with E-state index in [0.717, 1.165) is 23.0 Å². The van der Waals surface area contributed by atoms with Crippen molar-refractivity contribution >= 4 is 45.8 Å². The zero-order valence-electron chi connectivity index (χ0n) is 19.1. The van der Waals surface area contributed by atoms with E-state index in [2.05, 4.69) is 15.5 Å². The monoisotopic (exact) mass is 528 g/mol. The zero-order chi connectivity index (χ0) is 25.5. The summed E-state index contributed by atoms with van der Waals surface area (Å²) in [5.41, 5.74) is -0.123. The zero-order valence-corrected chi connectivity index (χ0v) is 20.6. The van der Waals surface area contributed by atoms with Gasteiger partial charge in [0.05, 0.1) is 28.4 Å². The molecule has 188 valence electrons. The molecule has 3 N–H and O–H groups in total. The maximum absolute atomic E-state index is 13.1. The lowest BCUT2D eigenvalue weighted by atomic mass is 9.68. The average molecular weight is 529 g/mol. The van der Waals surface area contributed by atoms with Crippen LogP contribution in [0.15, 0.2) is 36.5 Å². The molecule has 4 rings (SSSR count). The van der Waals surface area contributed by atoms with Crippen LogP contribution in [0.2, 0.25) is 10.0 Å². The van der Waals surface area contributed by atoms with Crippen molar-refractivity contribution in [2.75, 3.05) is 18.4 Å². The number of nitrogens with one attached hydrogen (secondary N) is 2. The molecule has 11 heteroatoms. The number of amides is 2. The van der Waals surface area contributed by atoms with Crippen LogP contribution in [0.1, 0.15) is 43.9 Å². The van der Waals surface area contributed by atoms with Crippen LogP contribution in [0.25, 0.3) is 10.9 Å². The molecule has 2 aromatic carbocycles. The van der Waals surface area contributed by atoms with Crippen molar-refractivity contribution in [3.63, 3.8) is 0 Å². The molecule has 1 aliphatic heterocycles. The second-order valence-corrected chi connectivity index (χ2v) is 10.3. The predicted octanol–water partition coefficient (Wildman–Crippen LogP) is 6.89. The van der Waals surface area contributed by atoms with Gasteiger partial charge in [-0.2, -0.15) is 18.3 Å². The Morgan fingerprint density at radius 1 is 1.20 bits per heavy atom. The van der Waals surface area contributed by atoms with Crippen molar-refractivity contribution < 1.29 is 23.1 Å². The third-order valence-corrected chi connectivity index (χ3v) is 7.45. The van der Waals surface area contributed by atoms with Gasteiger partial charge >= 0.3 is 12.2 Å². The largest absolute Gasteiger partial charge is 0.417 e. The number of alkyl halides is 3. The molecular formula is C24H25Cl2F3N4O2. The van der Waals surface area contributed by atoms with E-state index < -0.39 is 34.3 Å². The number of fused-ring (bicyclic) bond motifs is 1. The van der Waals surface area contributed by atoms with E-state index in [1.54, 1.807) is 23.2 Å². The van der Waals surface area contributed by atoms with Crippen molar-refractivity contribution in [1.82, 2.24) is 15.1 Å². The van der Waals surface area contributed by atoms with Crippen LogP contribution in [0.4, 0.5) is 23.7 Å². The lowest BCUT2D eigenvalue weighted by molar-refractivity contribution is -0.137. The Hall–Kier alpha value is -2.49. The minimum absolute atomic E-state index is 0.0223. The van der Waals surface area contributed by atoms with Gasteiger partial charge in [-0.05, 0) is 54.5 Å². The number of hydrogen-bond donors (Lipinski definition) is 3. The standard InChI is InChI=1S/C24H25Cl2F3N4O2/c1-23(2,21(34)17-10-15(25)9-13-12-30-32-20(13)17)14-5-7-33(8-6-14)22(35)31-16-3-4-19(26)18(11-16)24(27,28)29/h3-4,9-12,14,21,34H,5-8H2,1-2H3,(H,30,32)(H,31,35). The first-order valence-electron chi connectivity index (χ1n) is 11.1. The van der Waals surface area contributed by atoms with E-state index in [1.807, 2.05) is 13.8 Å². The molecule has 1 aromatic heterocycles. The Kier molecular flexibility index (Phi) is 6.96. The lowest BCUT2D eigenvalue weighted by Gasteiger charge is -2.43. The van der Waals surface area contributed by atoms with Crippen LogP contribution in [0.5, 0.6) is 0 Å². The molecule has 6 nitrogen and oxygen atoms in total. The number of aromatic nitrogens is 2. The Morgan fingerprint density at radius 3 is 2.54 bits per heavy atom. The van der Waals surface area contributed by atoms with Crippen LogP contribution >= 0.6 is 23.2 Å². The molecule has 2 heterocycles. The molecule has 1 aliphatic rings. The molecule has 0 spiro atoms. The third-order valence-electron chi connectivity index (χ3n) is 6.90. The number of anilines is 1. The minimum Gasteiger partial charge on any atom is -0.388 e. The number of nitrogens with zero attached hydrogens (tertiary/aromatic N) is 2. The van der Waals surface area contributed by atoms with E-state index >= 15 is 0 Å². The Morgan fingerprint density at radius 2 is 1.89 bits per heavy atom. The number of H-pyrrole nitrogens is 1. The first-order chi connectivity index (χ1) is 16.4. The molecule has 1 fully saturated rings. The summed E-state index contributed by atoms with van der Waals surface area (Å²) < 4.78 is 39.3. The number of halogens is 5. The fourth-order valence-corrected chi connectivity index (χ4v) is 5.20. The van der Waals surface area contributed by atoms with E-state index in [1.165, 1.54) is 6.07 Å². The molecule has 35 heavy (non-hydrogen) atoms. The molecule has 0 radical (unpaired) electrons. The summed E-state index contributed by atoms with van der Waals surface area (Å²) >= 11 is 11.9. The fraction of sp³-hybridized carbons (Fsp3) is 0.417. The number of aromatic amines is 1. The van der Waals surface area contributed by atoms with Crippen molar-refractivity contribution in [2.45, 2.75) is 39.0 Å². The highest BCUT2D eigenvalue weighted by Gasteiger charge is 2.40. The minimum atomic E-state index is -4.62. The number of benzene rings is 2. The summed E-state index contributed by atoms with van der Waals surface area (Å²) in [4.78, 5) is 14.3. The second kappa shape index (κ2) is 9.52. The van der Waals surface area contributed by atoms with E-state index in [-0.39, 0.29) is 11.6 Å². The topological polar surface area (TPSA) is 81.2 Å². The number of rotatable bonds is 4. The van der Waals surface area contributed by atoms with Crippen LogP contribution < -0.4 is 5.32 Å². The summed E-state index contributed by atoms with van der Waals surface area (Å²) in [6.07, 6.45) is -2.55. The van der Waals surface area contributed by atoms with Gasteiger partial charge < -0.3 is 15.3 Å². The summed E-state index contributed by atoms with van der Waals surface area (Å²) in [6.45, 7) is 4.77. The molecule has 3 aromatic rings. The number of aliphatic hydroxyl groups excluding tert-OH is 1. The highest BCUT2D eigenvalue weighted by molar-refractivity contribution is 6.31. The summed E-state index contributed by atoms with van der Waals surface area (Å²) in [5.74, 6) is 0.0888. The van der Waals surface area contributed by atoms with Crippen molar-refractivity contribution in [3.8, 4) is 0 Å². The molecule has 1 unspecified atom stereocenters. The Labute approximate surface area is 210 Å². The van der Waals surface area contributed by atoms with E-state index in [9.17, 15) is 23.1 Å². The smallest absolute Gasteiger partial charge is 0.388 e. The predicted molar refractivity (Wildman–Crippen MR) is 130 cm³/mol. The van der Waals surface area contributed by atoms with Crippen LogP contribution in [0, 0.1) is 11.3 Å². The van der Waals surface area contributed by atoms with Gasteiger partial charge in [0.2, 0.25) is 0 Å². The maximum atomic E-state index is 13.1. The van der Waals surface area contributed by atoms with Gasteiger partial charge in [0, 0.05) is 34.7 Å². The van der Waals surface area contributed by atoms with Gasteiger partial charge in [0.1, 0.15) is 0 Å². The number of carbonyl (C=O) groups excluding carboxylic acids is 1. The summed E-state index contributed by atoms with van der Waals surface area (Å²) in [5, 5.41) is 21.7. The van der Waals surface area contributed by atoms with Crippen molar-refractivity contribution in [2.24, 2.45) is 11.3 Å². The second-order valence-electron chi connectivity index (χ2n) is 9.44. The van der Waals surface area contributed by atoms with Crippen LogP contribution in [-0.2, 0) is 6.18 Å². The Bertz CT molecular complexity index is 1240. The van der Waals surface area contributed by atoms with Gasteiger partial charge in [-0.25, -0.2) is 4.79 Å².